The number of nitrogens with one attached hydrogen (secondary N) is 2. The fourth-order valence-corrected chi connectivity index (χ4v) is 3.12. The molecule has 1 aromatic heterocycles. The normalized spacial score (nSPS) is 11.0. The van der Waals surface area contributed by atoms with Crippen LogP contribution >= 0.6 is 35.3 Å². The number of halogens is 2. The highest BCUT2D eigenvalue weighted by Crippen LogP contribution is 2.18. The summed E-state index contributed by atoms with van der Waals surface area (Å²) in [6.07, 6.45) is 0. The molecule has 0 aliphatic heterocycles. The number of nitrogens with zero attached hydrogens (tertiary/aromatic N) is 2. The summed E-state index contributed by atoms with van der Waals surface area (Å²) in [6.45, 7) is 6.08. The topological polar surface area (TPSA) is 39.7 Å². The van der Waals surface area contributed by atoms with Crippen molar-refractivity contribution in [3.63, 3.8) is 0 Å². The zero-order valence-electron chi connectivity index (χ0n) is 15.1. The number of benzene rings is 1. The van der Waals surface area contributed by atoms with Gasteiger partial charge in [-0.3, -0.25) is 0 Å². The van der Waals surface area contributed by atoms with E-state index in [4.69, 9.17) is 0 Å². The van der Waals surface area contributed by atoms with Crippen LogP contribution in [-0.4, -0.2) is 26.6 Å². The molecule has 0 aliphatic carbocycles. The maximum atomic E-state index is 14.0. The minimum atomic E-state index is -0.222. The maximum absolute atomic E-state index is 14.0. The Morgan fingerprint density at radius 1 is 1.24 bits per heavy atom. The number of anilines is 1. The Kier molecular flexibility index (Phi) is 9.20. The van der Waals surface area contributed by atoms with Crippen molar-refractivity contribution in [1.29, 1.82) is 0 Å². The SMILES string of the molecule is CCNC(=NCc1ccc(N(C)C)c(F)c1)NCc1sccc1C.I. The van der Waals surface area contributed by atoms with Crippen molar-refractivity contribution in [2.75, 3.05) is 25.5 Å². The Balaban J connectivity index is 0.00000312. The molecule has 25 heavy (non-hydrogen) atoms. The van der Waals surface area contributed by atoms with Crippen molar-refractivity contribution in [1.82, 2.24) is 10.6 Å². The van der Waals surface area contributed by atoms with Crippen LogP contribution in [0.1, 0.15) is 22.9 Å². The van der Waals surface area contributed by atoms with Gasteiger partial charge in [-0.25, -0.2) is 9.38 Å². The van der Waals surface area contributed by atoms with Gasteiger partial charge >= 0.3 is 0 Å². The molecule has 2 N–H and O–H groups in total. The molecule has 0 amide bonds. The Bertz CT molecular complexity index is 700. The first-order valence-electron chi connectivity index (χ1n) is 8.02. The van der Waals surface area contributed by atoms with Crippen LogP contribution in [0.5, 0.6) is 0 Å². The monoisotopic (exact) mass is 476 g/mol. The minimum Gasteiger partial charge on any atom is -0.375 e. The molecule has 4 nitrogen and oxygen atoms in total. The molecule has 0 unspecified atom stereocenters. The van der Waals surface area contributed by atoms with E-state index in [1.807, 2.05) is 27.1 Å². The molecule has 0 radical (unpaired) electrons. The molecule has 0 saturated heterocycles. The van der Waals surface area contributed by atoms with Gasteiger partial charge in [0.25, 0.3) is 0 Å². The lowest BCUT2D eigenvalue weighted by Crippen LogP contribution is -2.36. The Labute approximate surface area is 170 Å². The van der Waals surface area contributed by atoms with Gasteiger partial charge in [-0.1, -0.05) is 6.07 Å². The molecule has 138 valence electrons. The molecule has 0 atom stereocenters. The van der Waals surface area contributed by atoms with Crippen molar-refractivity contribution in [3.05, 3.63) is 51.5 Å². The molecule has 2 aromatic rings. The Morgan fingerprint density at radius 3 is 2.56 bits per heavy atom. The highest BCUT2D eigenvalue weighted by atomic mass is 127. The van der Waals surface area contributed by atoms with Gasteiger partial charge in [0.05, 0.1) is 18.8 Å². The average Bonchev–Trinajstić information content (AvgIpc) is 2.95. The van der Waals surface area contributed by atoms with E-state index < -0.39 is 0 Å². The fourth-order valence-electron chi connectivity index (χ4n) is 2.27. The van der Waals surface area contributed by atoms with Gasteiger partial charge in [-0.05, 0) is 48.6 Å². The van der Waals surface area contributed by atoms with Crippen LogP contribution < -0.4 is 15.5 Å². The predicted molar refractivity (Wildman–Crippen MR) is 117 cm³/mol. The molecule has 0 spiro atoms. The summed E-state index contributed by atoms with van der Waals surface area (Å²) in [5.74, 6) is 0.516. The molecule has 1 heterocycles. The van der Waals surface area contributed by atoms with E-state index in [1.54, 1.807) is 28.4 Å². The van der Waals surface area contributed by atoms with E-state index in [1.165, 1.54) is 10.4 Å². The maximum Gasteiger partial charge on any atom is 0.191 e. The van der Waals surface area contributed by atoms with Crippen LogP contribution in [0, 0.1) is 12.7 Å². The average molecular weight is 476 g/mol. The van der Waals surface area contributed by atoms with Gasteiger partial charge in [-0.15, -0.1) is 35.3 Å². The molecule has 7 heteroatoms. The molecule has 1 aromatic carbocycles. The number of thiophene rings is 1. The summed E-state index contributed by atoms with van der Waals surface area (Å²) < 4.78 is 14.0. The predicted octanol–water partition coefficient (Wildman–Crippen LogP) is 4.13. The van der Waals surface area contributed by atoms with Gasteiger partial charge in [-0.2, -0.15) is 0 Å². The smallest absolute Gasteiger partial charge is 0.191 e. The first-order chi connectivity index (χ1) is 11.5. The zero-order valence-corrected chi connectivity index (χ0v) is 18.2. The fraction of sp³-hybridized carbons (Fsp3) is 0.389. The molecule has 2 rings (SSSR count). The third-order valence-corrected chi connectivity index (χ3v) is 4.67. The van der Waals surface area contributed by atoms with Crippen LogP contribution in [0.4, 0.5) is 10.1 Å². The van der Waals surface area contributed by atoms with E-state index in [-0.39, 0.29) is 29.8 Å². The number of hydrogen-bond donors (Lipinski definition) is 2. The second kappa shape index (κ2) is 10.6. The Hall–Kier alpha value is -1.35. The van der Waals surface area contributed by atoms with Crippen LogP contribution in [0.3, 0.4) is 0 Å². The van der Waals surface area contributed by atoms with Gasteiger partial charge in [0.15, 0.2) is 5.96 Å². The molecule has 0 saturated carbocycles. The second-order valence-electron chi connectivity index (χ2n) is 5.76. The van der Waals surface area contributed by atoms with E-state index in [0.717, 1.165) is 24.6 Å². The lowest BCUT2D eigenvalue weighted by Gasteiger charge is -2.14. The van der Waals surface area contributed by atoms with E-state index in [2.05, 4.69) is 34.0 Å². The first kappa shape index (κ1) is 21.7. The second-order valence-corrected chi connectivity index (χ2v) is 6.76. The summed E-state index contributed by atoms with van der Waals surface area (Å²) in [5, 5.41) is 8.64. The Morgan fingerprint density at radius 2 is 2.00 bits per heavy atom. The third kappa shape index (κ3) is 6.47. The highest BCUT2D eigenvalue weighted by Gasteiger charge is 2.06. The van der Waals surface area contributed by atoms with Crippen LogP contribution in [0.2, 0.25) is 0 Å². The van der Waals surface area contributed by atoms with Crippen LogP contribution in [-0.2, 0) is 13.1 Å². The molecule has 0 bridgehead atoms. The summed E-state index contributed by atoms with van der Waals surface area (Å²) in [6, 6.07) is 7.36. The number of aliphatic imine (C=N–C) groups is 1. The van der Waals surface area contributed by atoms with Crippen LogP contribution in [0.25, 0.3) is 0 Å². The van der Waals surface area contributed by atoms with E-state index >= 15 is 0 Å². The first-order valence-corrected chi connectivity index (χ1v) is 8.90. The van der Waals surface area contributed by atoms with Crippen LogP contribution in [0.15, 0.2) is 34.6 Å². The van der Waals surface area contributed by atoms with Gasteiger partial charge in [0, 0.05) is 25.5 Å². The molecular weight excluding hydrogens is 450 g/mol. The molecule has 0 fully saturated rings. The van der Waals surface area contributed by atoms with E-state index in [0.29, 0.717) is 12.2 Å². The lowest BCUT2D eigenvalue weighted by molar-refractivity contribution is 0.624. The van der Waals surface area contributed by atoms with Gasteiger partial charge in [0.2, 0.25) is 0 Å². The van der Waals surface area contributed by atoms with E-state index in [9.17, 15) is 4.39 Å². The van der Waals surface area contributed by atoms with Crippen molar-refractivity contribution in [2.24, 2.45) is 4.99 Å². The molecule has 0 aliphatic rings. The summed E-state index contributed by atoms with van der Waals surface area (Å²) in [4.78, 5) is 7.60. The minimum absolute atomic E-state index is 0. The van der Waals surface area contributed by atoms with Gasteiger partial charge in [0.1, 0.15) is 5.82 Å². The number of aryl methyl sites for hydroxylation is 1. The summed E-state index contributed by atoms with van der Waals surface area (Å²) in [7, 11) is 3.66. The quantitative estimate of drug-likeness (QED) is 0.374. The molecular formula is C18H26FIN4S. The third-order valence-electron chi connectivity index (χ3n) is 3.64. The lowest BCUT2D eigenvalue weighted by atomic mass is 10.2. The summed E-state index contributed by atoms with van der Waals surface area (Å²) in [5.41, 5.74) is 2.72. The standard InChI is InChI=1S/C18H25FN4S.HI/c1-5-20-18(22-12-17-13(2)8-9-24-17)21-11-14-6-7-16(23(3)4)15(19)10-14;/h6-10H,5,11-12H2,1-4H3,(H2,20,21,22);1H. The van der Waals surface area contributed by atoms with Gasteiger partial charge < -0.3 is 15.5 Å². The number of hydrogen-bond acceptors (Lipinski definition) is 3. The summed E-state index contributed by atoms with van der Waals surface area (Å²) >= 11 is 1.73. The largest absolute Gasteiger partial charge is 0.375 e. The van der Waals surface area contributed by atoms with Crippen molar-refractivity contribution < 1.29 is 4.39 Å². The van der Waals surface area contributed by atoms with Crippen molar-refractivity contribution >= 4 is 47.0 Å². The van der Waals surface area contributed by atoms with Crippen molar-refractivity contribution in [3.8, 4) is 0 Å². The van der Waals surface area contributed by atoms with Crippen molar-refractivity contribution in [2.45, 2.75) is 26.9 Å². The zero-order chi connectivity index (χ0) is 17.5. The highest BCUT2D eigenvalue weighted by molar-refractivity contribution is 14.0. The number of guanidine groups is 1. The number of rotatable bonds is 6.